The highest BCUT2D eigenvalue weighted by Crippen LogP contribution is 2.42. The molecular formula is C19H21NO. The zero-order valence-electron chi connectivity index (χ0n) is 13.3. The Bertz CT molecular complexity index is 741. The van der Waals surface area contributed by atoms with Gasteiger partial charge in [0, 0.05) is 11.1 Å². The molecule has 0 fully saturated rings. The smallest absolute Gasteiger partial charge is 0.119 e. The maximum atomic E-state index is 5.29. The molecule has 0 aliphatic carbocycles. The quantitative estimate of drug-likeness (QED) is 0.753. The van der Waals surface area contributed by atoms with Crippen molar-refractivity contribution in [1.82, 2.24) is 0 Å². The Labute approximate surface area is 126 Å². The Kier molecular flexibility index (Phi) is 3.12. The van der Waals surface area contributed by atoms with Crippen LogP contribution in [0.15, 0.2) is 41.4 Å². The highest BCUT2D eigenvalue weighted by atomic mass is 16.5. The number of ether oxygens (including phenoxy) is 1. The lowest BCUT2D eigenvalue weighted by atomic mass is 9.81. The summed E-state index contributed by atoms with van der Waals surface area (Å²) in [6, 6.07) is 12.8. The van der Waals surface area contributed by atoms with Gasteiger partial charge in [-0.25, -0.2) is 0 Å². The first-order valence-corrected chi connectivity index (χ1v) is 7.29. The van der Waals surface area contributed by atoms with Gasteiger partial charge in [0.1, 0.15) is 5.75 Å². The minimum Gasteiger partial charge on any atom is -0.497 e. The van der Waals surface area contributed by atoms with E-state index in [1.807, 2.05) is 6.07 Å². The molecule has 3 rings (SSSR count). The lowest BCUT2D eigenvalue weighted by Crippen LogP contribution is -2.22. The van der Waals surface area contributed by atoms with E-state index < -0.39 is 0 Å². The molecule has 0 saturated carbocycles. The number of fused-ring (bicyclic) bond motifs is 1. The van der Waals surface area contributed by atoms with Crippen molar-refractivity contribution in [3.63, 3.8) is 0 Å². The molecule has 2 nitrogen and oxygen atoms in total. The molecule has 1 aliphatic rings. The summed E-state index contributed by atoms with van der Waals surface area (Å²) in [5.74, 6) is 0.900. The fourth-order valence-electron chi connectivity index (χ4n) is 2.90. The maximum Gasteiger partial charge on any atom is 0.119 e. The summed E-state index contributed by atoms with van der Waals surface area (Å²) in [5, 5.41) is 0. The highest BCUT2D eigenvalue weighted by molar-refractivity contribution is 6.00. The minimum absolute atomic E-state index is 0.0196. The van der Waals surface area contributed by atoms with Crippen LogP contribution in [0.5, 0.6) is 5.75 Å². The molecule has 0 bridgehead atoms. The molecule has 0 saturated heterocycles. The molecule has 2 aromatic carbocycles. The van der Waals surface area contributed by atoms with E-state index in [2.05, 4.69) is 63.0 Å². The first-order valence-electron chi connectivity index (χ1n) is 7.29. The van der Waals surface area contributed by atoms with Gasteiger partial charge in [-0.05, 0) is 60.4 Å². The van der Waals surface area contributed by atoms with Crippen molar-refractivity contribution in [2.24, 2.45) is 4.99 Å². The fraction of sp³-hybridized carbons (Fsp3) is 0.316. The largest absolute Gasteiger partial charge is 0.497 e. The number of aryl methyl sites for hydroxylation is 1. The predicted molar refractivity (Wildman–Crippen MR) is 89.0 cm³/mol. The fourth-order valence-corrected chi connectivity index (χ4v) is 2.90. The van der Waals surface area contributed by atoms with Gasteiger partial charge < -0.3 is 4.74 Å². The Morgan fingerprint density at radius 1 is 1.00 bits per heavy atom. The maximum absolute atomic E-state index is 5.29. The van der Waals surface area contributed by atoms with Crippen LogP contribution in [0.25, 0.3) is 11.1 Å². The van der Waals surface area contributed by atoms with Gasteiger partial charge in [-0.2, -0.15) is 0 Å². The third-order valence-corrected chi connectivity index (χ3v) is 4.61. The molecule has 0 atom stereocenters. The molecular weight excluding hydrogens is 258 g/mol. The zero-order chi connectivity index (χ0) is 15.2. The number of benzene rings is 2. The minimum atomic E-state index is 0.0196. The van der Waals surface area contributed by atoms with Crippen molar-refractivity contribution < 1.29 is 4.74 Å². The third-order valence-electron chi connectivity index (χ3n) is 4.61. The van der Waals surface area contributed by atoms with E-state index in [9.17, 15) is 0 Å². The van der Waals surface area contributed by atoms with E-state index in [1.165, 1.54) is 28.0 Å². The van der Waals surface area contributed by atoms with E-state index >= 15 is 0 Å². The van der Waals surface area contributed by atoms with Crippen molar-refractivity contribution >= 4 is 11.4 Å². The second-order valence-corrected chi connectivity index (χ2v) is 6.23. The van der Waals surface area contributed by atoms with Crippen LogP contribution in [0.3, 0.4) is 0 Å². The predicted octanol–water partition coefficient (Wildman–Crippen LogP) is 5.05. The number of aliphatic imine (C=N–C) groups is 1. The van der Waals surface area contributed by atoms with Gasteiger partial charge in [0.2, 0.25) is 0 Å². The van der Waals surface area contributed by atoms with Crippen LogP contribution in [0.4, 0.5) is 5.69 Å². The van der Waals surface area contributed by atoms with Crippen LogP contribution in [-0.2, 0) is 5.41 Å². The van der Waals surface area contributed by atoms with E-state index in [-0.39, 0.29) is 5.41 Å². The zero-order valence-corrected chi connectivity index (χ0v) is 13.3. The number of hydrogen-bond acceptors (Lipinski definition) is 2. The first kappa shape index (κ1) is 13.9. The third kappa shape index (κ3) is 2.15. The summed E-state index contributed by atoms with van der Waals surface area (Å²) < 4.78 is 5.29. The van der Waals surface area contributed by atoms with Crippen molar-refractivity contribution in [1.29, 1.82) is 0 Å². The molecule has 1 aliphatic heterocycles. The molecule has 0 radical (unpaired) electrons. The second kappa shape index (κ2) is 4.73. The van der Waals surface area contributed by atoms with Gasteiger partial charge in [-0.15, -0.1) is 0 Å². The van der Waals surface area contributed by atoms with Crippen molar-refractivity contribution in [2.75, 3.05) is 7.11 Å². The summed E-state index contributed by atoms with van der Waals surface area (Å²) >= 11 is 0. The van der Waals surface area contributed by atoms with Gasteiger partial charge in [0.05, 0.1) is 12.8 Å². The molecule has 0 spiro atoms. The van der Waals surface area contributed by atoms with Gasteiger partial charge in [0.25, 0.3) is 0 Å². The van der Waals surface area contributed by atoms with Crippen LogP contribution < -0.4 is 4.74 Å². The van der Waals surface area contributed by atoms with E-state index in [4.69, 9.17) is 4.74 Å². The van der Waals surface area contributed by atoms with Crippen LogP contribution in [0, 0.1) is 6.92 Å². The molecule has 1 heterocycles. The summed E-state index contributed by atoms with van der Waals surface area (Å²) in [6.07, 6.45) is 0. The molecule has 0 unspecified atom stereocenters. The van der Waals surface area contributed by atoms with Crippen LogP contribution >= 0.6 is 0 Å². The van der Waals surface area contributed by atoms with Crippen LogP contribution in [0.1, 0.15) is 31.9 Å². The summed E-state index contributed by atoms with van der Waals surface area (Å²) in [4.78, 5) is 4.69. The standard InChI is InChI=1S/C19H21NO/c1-12-10-15(21-5)7-8-16(12)14-6-9-18-17(11-14)19(3,4)13(2)20-18/h6-11H,1-5H3. The summed E-state index contributed by atoms with van der Waals surface area (Å²) in [5.41, 5.74) is 7.33. The van der Waals surface area contributed by atoms with Crippen LogP contribution in [0.2, 0.25) is 0 Å². The molecule has 0 N–H and O–H groups in total. The molecule has 108 valence electrons. The Morgan fingerprint density at radius 2 is 1.76 bits per heavy atom. The number of rotatable bonds is 2. The molecule has 0 aromatic heterocycles. The SMILES string of the molecule is COc1ccc(-c2ccc3c(c2)C(C)(C)C(C)=N3)c(C)c1. The lowest BCUT2D eigenvalue weighted by Gasteiger charge is -2.21. The Balaban J connectivity index is 2.10. The van der Waals surface area contributed by atoms with Gasteiger partial charge in [-0.1, -0.05) is 26.0 Å². The number of methoxy groups -OCH3 is 1. The number of hydrogen-bond donors (Lipinski definition) is 0. The monoisotopic (exact) mass is 279 g/mol. The second-order valence-electron chi connectivity index (χ2n) is 6.23. The van der Waals surface area contributed by atoms with Crippen LogP contribution in [-0.4, -0.2) is 12.8 Å². The molecule has 2 heteroatoms. The van der Waals surface area contributed by atoms with Gasteiger partial charge in [0.15, 0.2) is 0 Å². The highest BCUT2D eigenvalue weighted by Gasteiger charge is 2.32. The van der Waals surface area contributed by atoms with E-state index in [1.54, 1.807) is 7.11 Å². The average Bonchev–Trinajstić information content (AvgIpc) is 2.69. The van der Waals surface area contributed by atoms with Gasteiger partial charge in [-0.3, -0.25) is 4.99 Å². The van der Waals surface area contributed by atoms with E-state index in [0.717, 1.165) is 11.4 Å². The van der Waals surface area contributed by atoms with Crippen molar-refractivity contribution in [3.8, 4) is 16.9 Å². The number of nitrogens with zero attached hydrogens (tertiary/aromatic N) is 1. The van der Waals surface area contributed by atoms with Crippen molar-refractivity contribution in [3.05, 3.63) is 47.5 Å². The first-order chi connectivity index (χ1) is 9.93. The molecule has 21 heavy (non-hydrogen) atoms. The van der Waals surface area contributed by atoms with E-state index in [0.29, 0.717) is 0 Å². The lowest BCUT2D eigenvalue weighted by molar-refractivity contribution is 0.414. The topological polar surface area (TPSA) is 21.6 Å². The summed E-state index contributed by atoms with van der Waals surface area (Å²) in [7, 11) is 1.70. The summed E-state index contributed by atoms with van der Waals surface area (Å²) in [6.45, 7) is 8.71. The normalized spacial score (nSPS) is 15.6. The Hall–Kier alpha value is -2.09. The van der Waals surface area contributed by atoms with Crippen molar-refractivity contribution in [2.45, 2.75) is 33.1 Å². The molecule has 2 aromatic rings. The van der Waals surface area contributed by atoms with Gasteiger partial charge >= 0.3 is 0 Å². The molecule has 0 amide bonds. The average molecular weight is 279 g/mol. The Morgan fingerprint density at radius 3 is 2.43 bits per heavy atom.